The van der Waals surface area contributed by atoms with Gasteiger partial charge in [0.25, 0.3) is 5.91 Å². The van der Waals surface area contributed by atoms with Gasteiger partial charge in [-0.2, -0.15) is 5.10 Å². The van der Waals surface area contributed by atoms with Crippen molar-refractivity contribution in [1.82, 2.24) is 14.7 Å². The molecule has 0 atom stereocenters. The monoisotopic (exact) mass is 458 g/mol. The number of benzene rings is 2. The first kappa shape index (κ1) is 21.8. The Hall–Kier alpha value is -2.38. The van der Waals surface area contributed by atoms with Gasteiger partial charge in [-0.3, -0.25) is 9.69 Å². The number of amides is 1. The molecule has 1 amide bonds. The number of aromatic nitrogens is 2. The van der Waals surface area contributed by atoms with Crippen LogP contribution in [-0.4, -0.2) is 46.9 Å². The Morgan fingerprint density at radius 1 is 1.10 bits per heavy atom. The zero-order chi connectivity index (χ0) is 21.8. The Bertz CT molecular complexity index is 1080. The van der Waals surface area contributed by atoms with Crippen LogP contribution in [-0.2, 0) is 17.8 Å². The molecule has 1 fully saturated rings. The van der Waals surface area contributed by atoms with E-state index in [1.807, 2.05) is 42.5 Å². The molecular formula is C23H24Cl2N4O2. The standard InChI is InChI=1S/C23H24Cl2N4O2/c1-16-21(22(25)29(27-16)15-18-6-2-3-8-20(18)24)23(30)26-19-7-4-5-17(13-19)14-28-9-11-31-12-10-28/h2-8,13H,9-12,14-15H2,1H3,(H,26,30). The number of hydrogen-bond donors (Lipinski definition) is 1. The number of ether oxygens (including phenoxy) is 1. The van der Waals surface area contributed by atoms with Crippen molar-refractivity contribution in [2.24, 2.45) is 0 Å². The fraction of sp³-hybridized carbons (Fsp3) is 0.304. The van der Waals surface area contributed by atoms with Crippen molar-refractivity contribution in [2.45, 2.75) is 20.0 Å². The van der Waals surface area contributed by atoms with Gasteiger partial charge in [0.1, 0.15) is 5.15 Å². The smallest absolute Gasteiger partial charge is 0.260 e. The molecule has 0 saturated carbocycles. The molecule has 2 heterocycles. The van der Waals surface area contributed by atoms with E-state index in [-0.39, 0.29) is 5.91 Å². The number of carbonyl (C=O) groups excluding carboxylic acids is 1. The first-order valence-corrected chi connectivity index (χ1v) is 10.9. The Morgan fingerprint density at radius 3 is 2.65 bits per heavy atom. The zero-order valence-electron chi connectivity index (χ0n) is 17.3. The maximum Gasteiger partial charge on any atom is 0.260 e. The quantitative estimate of drug-likeness (QED) is 0.584. The topological polar surface area (TPSA) is 59.4 Å². The van der Waals surface area contributed by atoms with Crippen LogP contribution in [0.4, 0.5) is 5.69 Å². The Labute approximate surface area is 191 Å². The number of carbonyl (C=O) groups is 1. The van der Waals surface area contributed by atoms with E-state index in [1.54, 1.807) is 11.6 Å². The maximum atomic E-state index is 13.0. The Morgan fingerprint density at radius 2 is 1.87 bits per heavy atom. The summed E-state index contributed by atoms with van der Waals surface area (Å²) in [5.74, 6) is -0.281. The van der Waals surface area contributed by atoms with Gasteiger partial charge in [-0.05, 0) is 36.2 Å². The van der Waals surface area contributed by atoms with Gasteiger partial charge in [-0.25, -0.2) is 4.68 Å². The largest absolute Gasteiger partial charge is 0.379 e. The van der Waals surface area contributed by atoms with Crippen LogP contribution in [0.5, 0.6) is 0 Å². The fourth-order valence-electron chi connectivity index (χ4n) is 3.66. The summed E-state index contributed by atoms with van der Waals surface area (Å²) in [6.45, 7) is 6.33. The number of halogens is 2. The minimum atomic E-state index is -0.281. The molecule has 2 aromatic carbocycles. The van der Waals surface area contributed by atoms with Crippen LogP contribution in [0, 0.1) is 6.92 Å². The highest BCUT2D eigenvalue weighted by molar-refractivity contribution is 6.34. The van der Waals surface area contributed by atoms with Crippen molar-refractivity contribution in [2.75, 3.05) is 31.6 Å². The van der Waals surface area contributed by atoms with E-state index in [0.717, 1.165) is 49.7 Å². The molecule has 0 bridgehead atoms. The fourth-order valence-corrected chi connectivity index (χ4v) is 4.18. The molecule has 8 heteroatoms. The summed E-state index contributed by atoms with van der Waals surface area (Å²) >= 11 is 12.8. The predicted octanol–water partition coefficient (Wildman–Crippen LogP) is 4.63. The van der Waals surface area contributed by atoms with E-state index in [1.165, 1.54) is 0 Å². The van der Waals surface area contributed by atoms with Crippen molar-refractivity contribution in [3.8, 4) is 0 Å². The summed E-state index contributed by atoms with van der Waals surface area (Å²) < 4.78 is 7.00. The van der Waals surface area contributed by atoms with E-state index in [9.17, 15) is 4.79 Å². The summed E-state index contributed by atoms with van der Waals surface area (Å²) in [6.07, 6.45) is 0. The summed E-state index contributed by atoms with van der Waals surface area (Å²) in [7, 11) is 0. The lowest BCUT2D eigenvalue weighted by atomic mass is 10.1. The van der Waals surface area contributed by atoms with Crippen LogP contribution in [0.1, 0.15) is 27.2 Å². The molecule has 1 aliphatic heterocycles. The van der Waals surface area contributed by atoms with Crippen LogP contribution in [0.2, 0.25) is 10.2 Å². The SMILES string of the molecule is Cc1nn(Cc2ccccc2Cl)c(Cl)c1C(=O)Nc1cccc(CN2CCOCC2)c1. The summed E-state index contributed by atoms with van der Waals surface area (Å²) in [6, 6.07) is 15.4. The normalized spacial score (nSPS) is 14.5. The molecule has 162 valence electrons. The molecule has 6 nitrogen and oxygen atoms in total. The average Bonchev–Trinajstić information content (AvgIpc) is 3.03. The van der Waals surface area contributed by atoms with Crippen molar-refractivity contribution in [1.29, 1.82) is 0 Å². The maximum absolute atomic E-state index is 13.0. The minimum absolute atomic E-state index is 0.281. The van der Waals surface area contributed by atoms with Gasteiger partial charge in [-0.1, -0.05) is 53.5 Å². The molecule has 0 aliphatic carbocycles. The number of anilines is 1. The van der Waals surface area contributed by atoms with E-state index in [4.69, 9.17) is 27.9 Å². The van der Waals surface area contributed by atoms with Crippen LogP contribution < -0.4 is 5.32 Å². The van der Waals surface area contributed by atoms with Crippen molar-refractivity contribution in [3.63, 3.8) is 0 Å². The first-order valence-electron chi connectivity index (χ1n) is 10.2. The number of nitrogens with one attached hydrogen (secondary N) is 1. The van der Waals surface area contributed by atoms with Crippen molar-refractivity contribution < 1.29 is 9.53 Å². The third-order valence-electron chi connectivity index (χ3n) is 5.27. The van der Waals surface area contributed by atoms with Crippen molar-refractivity contribution in [3.05, 3.63) is 81.1 Å². The number of rotatable bonds is 6. The van der Waals surface area contributed by atoms with Crippen LogP contribution in [0.15, 0.2) is 48.5 Å². The van der Waals surface area contributed by atoms with E-state index in [2.05, 4.69) is 21.4 Å². The van der Waals surface area contributed by atoms with Gasteiger partial charge in [-0.15, -0.1) is 0 Å². The number of nitrogens with zero attached hydrogens (tertiary/aromatic N) is 3. The number of morpholine rings is 1. The lowest BCUT2D eigenvalue weighted by Gasteiger charge is -2.26. The molecule has 1 aliphatic rings. The van der Waals surface area contributed by atoms with Gasteiger partial charge in [0, 0.05) is 30.3 Å². The molecule has 31 heavy (non-hydrogen) atoms. The van der Waals surface area contributed by atoms with Crippen LogP contribution in [0.25, 0.3) is 0 Å². The molecule has 1 saturated heterocycles. The minimum Gasteiger partial charge on any atom is -0.379 e. The second kappa shape index (κ2) is 9.83. The highest BCUT2D eigenvalue weighted by Crippen LogP contribution is 2.24. The molecule has 0 radical (unpaired) electrons. The van der Waals surface area contributed by atoms with Gasteiger partial charge >= 0.3 is 0 Å². The van der Waals surface area contributed by atoms with Crippen LogP contribution >= 0.6 is 23.2 Å². The molecule has 3 aromatic rings. The van der Waals surface area contributed by atoms with Crippen LogP contribution in [0.3, 0.4) is 0 Å². The summed E-state index contributed by atoms with van der Waals surface area (Å²) in [4.78, 5) is 15.3. The Balaban J connectivity index is 1.48. The third kappa shape index (κ3) is 5.28. The van der Waals surface area contributed by atoms with Gasteiger partial charge < -0.3 is 10.1 Å². The van der Waals surface area contributed by atoms with Gasteiger partial charge in [0.2, 0.25) is 0 Å². The summed E-state index contributed by atoms with van der Waals surface area (Å²) in [5, 5.41) is 8.34. The average molecular weight is 459 g/mol. The molecule has 0 unspecified atom stereocenters. The van der Waals surface area contributed by atoms with E-state index < -0.39 is 0 Å². The second-order valence-electron chi connectivity index (χ2n) is 7.54. The molecular weight excluding hydrogens is 435 g/mol. The highest BCUT2D eigenvalue weighted by Gasteiger charge is 2.21. The van der Waals surface area contributed by atoms with E-state index in [0.29, 0.717) is 28.0 Å². The van der Waals surface area contributed by atoms with Gasteiger partial charge in [0.05, 0.1) is 31.0 Å². The van der Waals surface area contributed by atoms with E-state index >= 15 is 0 Å². The molecule has 1 N–H and O–H groups in total. The molecule has 4 rings (SSSR count). The lowest BCUT2D eigenvalue weighted by molar-refractivity contribution is 0.0342. The zero-order valence-corrected chi connectivity index (χ0v) is 18.8. The number of hydrogen-bond acceptors (Lipinski definition) is 4. The second-order valence-corrected chi connectivity index (χ2v) is 8.31. The van der Waals surface area contributed by atoms with Crippen molar-refractivity contribution >= 4 is 34.8 Å². The highest BCUT2D eigenvalue weighted by atomic mass is 35.5. The molecule has 0 spiro atoms. The molecule has 1 aromatic heterocycles. The van der Waals surface area contributed by atoms with Gasteiger partial charge in [0.15, 0.2) is 0 Å². The number of aryl methyl sites for hydroxylation is 1. The lowest BCUT2D eigenvalue weighted by Crippen LogP contribution is -2.35. The third-order valence-corrected chi connectivity index (χ3v) is 6.02. The summed E-state index contributed by atoms with van der Waals surface area (Å²) in [5.41, 5.74) is 3.68. The predicted molar refractivity (Wildman–Crippen MR) is 123 cm³/mol. The first-order chi connectivity index (χ1) is 15.0. The Kier molecular flexibility index (Phi) is 6.92.